The number of carbonyl (C=O) groups is 2. The molecular formula is C11H22N2O3. The van der Waals surface area contributed by atoms with Crippen LogP contribution in [0.15, 0.2) is 0 Å². The number of esters is 1. The van der Waals surface area contributed by atoms with Gasteiger partial charge in [-0.05, 0) is 20.3 Å². The van der Waals surface area contributed by atoms with Gasteiger partial charge >= 0.3 is 5.97 Å². The third-order valence-corrected chi connectivity index (χ3v) is 2.40. The zero-order valence-electron chi connectivity index (χ0n) is 10.5. The topological polar surface area (TPSA) is 67.4 Å². The lowest BCUT2D eigenvalue weighted by Crippen LogP contribution is -2.45. The number of ether oxygens (including phenoxy) is 1. The van der Waals surface area contributed by atoms with Crippen molar-refractivity contribution in [1.29, 1.82) is 0 Å². The van der Waals surface area contributed by atoms with Gasteiger partial charge in [-0.3, -0.25) is 9.59 Å². The molecule has 0 aromatic rings. The quantitative estimate of drug-likeness (QED) is 0.623. The van der Waals surface area contributed by atoms with Crippen molar-refractivity contribution >= 4 is 11.9 Å². The largest absolute Gasteiger partial charge is 0.469 e. The Bertz CT molecular complexity index is 231. The molecule has 5 nitrogen and oxygen atoms in total. The van der Waals surface area contributed by atoms with Gasteiger partial charge in [0.05, 0.1) is 19.6 Å². The van der Waals surface area contributed by atoms with Crippen LogP contribution in [0.4, 0.5) is 0 Å². The molecule has 2 unspecified atom stereocenters. The van der Waals surface area contributed by atoms with Gasteiger partial charge in [-0.15, -0.1) is 0 Å². The molecule has 16 heavy (non-hydrogen) atoms. The van der Waals surface area contributed by atoms with Crippen LogP contribution in [0.1, 0.15) is 33.6 Å². The number of rotatable bonds is 7. The lowest BCUT2D eigenvalue weighted by Gasteiger charge is -2.17. The van der Waals surface area contributed by atoms with Gasteiger partial charge < -0.3 is 15.4 Å². The fourth-order valence-electron chi connectivity index (χ4n) is 1.06. The number of carbonyl (C=O) groups excluding carboxylic acids is 2. The first-order valence-corrected chi connectivity index (χ1v) is 5.61. The SMILES string of the molecule is CCC(C)NC(=O)C(C)NCCC(=O)OC. The van der Waals surface area contributed by atoms with E-state index in [0.29, 0.717) is 6.54 Å². The summed E-state index contributed by atoms with van der Waals surface area (Å²) in [5, 5.41) is 5.83. The number of methoxy groups -OCH3 is 1. The predicted molar refractivity (Wildman–Crippen MR) is 62.0 cm³/mol. The molecule has 2 atom stereocenters. The minimum Gasteiger partial charge on any atom is -0.469 e. The van der Waals surface area contributed by atoms with Gasteiger partial charge in [0.1, 0.15) is 0 Å². The minimum absolute atomic E-state index is 0.0424. The van der Waals surface area contributed by atoms with Crippen LogP contribution in [0.25, 0.3) is 0 Å². The first kappa shape index (κ1) is 14.9. The summed E-state index contributed by atoms with van der Waals surface area (Å²) < 4.78 is 4.49. The molecule has 0 aliphatic heterocycles. The molecule has 0 aliphatic carbocycles. The van der Waals surface area contributed by atoms with E-state index in [-0.39, 0.29) is 30.4 Å². The molecule has 1 amide bonds. The van der Waals surface area contributed by atoms with Gasteiger partial charge in [0.25, 0.3) is 0 Å². The van der Waals surface area contributed by atoms with E-state index in [1.165, 1.54) is 7.11 Å². The summed E-state index contributed by atoms with van der Waals surface area (Å²) >= 11 is 0. The standard InChI is InChI=1S/C11H22N2O3/c1-5-8(2)13-11(15)9(3)12-7-6-10(14)16-4/h8-9,12H,5-7H2,1-4H3,(H,13,15). The van der Waals surface area contributed by atoms with E-state index in [4.69, 9.17) is 0 Å². The average molecular weight is 230 g/mol. The Kier molecular flexibility index (Phi) is 7.54. The molecule has 0 heterocycles. The van der Waals surface area contributed by atoms with E-state index in [0.717, 1.165) is 6.42 Å². The summed E-state index contributed by atoms with van der Waals surface area (Å²) in [6, 6.07) is -0.115. The number of amides is 1. The molecule has 94 valence electrons. The highest BCUT2D eigenvalue weighted by Crippen LogP contribution is 1.91. The van der Waals surface area contributed by atoms with E-state index in [1.54, 1.807) is 6.92 Å². The summed E-state index contributed by atoms with van der Waals surface area (Å²) in [4.78, 5) is 22.4. The fourth-order valence-corrected chi connectivity index (χ4v) is 1.06. The summed E-state index contributed by atoms with van der Waals surface area (Å²) in [5.41, 5.74) is 0. The second-order valence-electron chi connectivity index (χ2n) is 3.82. The Morgan fingerprint density at radius 3 is 2.44 bits per heavy atom. The molecule has 0 aromatic carbocycles. The van der Waals surface area contributed by atoms with Crippen molar-refractivity contribution < 1.29 is 14.3 Å². The van der Waals surface area contributed by atoms with Crippen LogP contribution in [-0.4, -0.2) is 37.6 Å². The number of hydrogen-bond acceptors (Lipinski definition) is 4. The maximum absolute atomic E-state index is 11.6. The maximum atomic E-state index is 11.6. The second-order valence-corrected chi connectivity index (χ2v) is 3.82. The first-order valence-electron chi connectivity index (χ1n) is 5.61. The summed E-state index contributed by atoms with van der Waals surface area (Å²) in [6.07, 6.45) is 1.18. The van der Waals surface area contributed by atoms with Crippen molar-refractivity contribution in [2.24, 2.45) is 0 Å². The maximum Gasteiger partial charge on any atom is 0.306 e. The number of nitrogens with one attached hydrogen (secondary N) is 2. The van der Waals surface area contributed by atoms with Crippen molar-refractivity contribution in [3.05, 3.63) is 0 Å². The highest BCUT2D eigenvalue weighted by Gasteiger charge is 2.13. The molecule has 0 fully saturated rings. The van der Waals surface area contributed by atoms with Crippen molar-refractivity contribution in [2.45, 2.75) is 45.7 Å². The Labute approximate surface area is 96.9 Å². The molecule has 0 rings (SSSR count). The van der Waals surface area contributed by atoms with E-state index in [2.05, 4.69) is 15.4 Å². The molecule has 0 aliphatic rings. The van der Waals surface area contributed by atoms with Crippen LogP contribution in [0.5, 0.6) is 0 Å². The molecule has 5 heteroatoms. The van der Waals surface area contributed by atoms with Crippen molar-refractivity contribution in [2.75, 3.05) is 13.7 Å². The van der Waals surface area contributed by atoms with Gasteiger partial charge in [-0.2, -0.15) is 0 Å². The third-order valence-electron chi connectivity index (χ3n) is 2.40. The third kappa shape index (κ3) is 6.40. The van der Waals surface area contributed by atoms with Crippen LogP contribution in [0, 0.1) is 0 Å². The van der Waals surface area contributed by atoms with Crippen LogP contribution >= 0.6 is 0 Å². The molecule has 0 saturated heterocycles. The summed E-state index contributed by atoms with van der Waals surface area (Å²) in [5.74, 6) is -0.318. The molecule has 2 N–H and O–H groups in total. The van der Waals surface area contributed by atoms with Crippen LogP contribution in [0.3, 0.4) is 0 Å². The first-order chi connectivity index (χ1) is 7.51. The molecule has 0 aromatic heterocycles. The minimum atomic E-state index is -0.293. The Balaban J connectivity index is 3.75. The smallest absolute Gasteiger partial charge is 0.306 e. The van der Waals surface area contributed by atoms with Crippen molar-refractivity contribution in [1.82, 2.24) is 10.6 Å². The van der Waals surface area contributed by atoms with Crippen molar-refractivity contribution in [3.8, 4) is 0 Å². The van der Waals surface area contributed by atoms with E-state index >= 15 is 0 Å². The zero-order chi connectivity index (χ0) is 12.6. The van der Waals surface area contributed by atoms with E-state index in [9.17, 15) is 9.59 Å². The highest BCUT2D eigenvalue weighted by molar-refractivity contribution is 5.81. The molecule has 0 radical (unpaired) electrons. The lowest BCUT2D eigenvalue weighted by molar-refractivity contribution is -0.140. The van der Waals surface area contributed by atoms with E-state index < -0.39 is 0 Å². The van der Waals surface area contributed by atoms with Gasteiger partial charge in [0.2, 0.25) is 5.91 Å². The Morgan fingerprint density at radius 1 is 1.31 bits per heavy atom. The number of hydrogen-bond donors (Lipinski definition) is 2. The summed E-state index contributed by atoms with van der Waals surface area (Å²) in [6.45, 7) is 6.19. The van der Waals surface area contributed by atoms with Gasteiger partial charge in [-0.1, -0.05) is 6.92 Å². The summed E-state index contributed by atoms with van der Waals surface area (Å²) in [7, 11) is 1.35. The van der Waals surface area contributed by atoms with Gasteiger partial charge in [0.15, 0.2) is 0 Å². The van der Waals surface area contributed by atoms with Gasteiger partial charge in [0, 0.05) is 12.6 Å². The molecular weight excluding hydrogens is 208 g/mol. The normalized spacial score (nSPS) is 14.0. The highest BCUT2D eigenvalue weighted by atomic mass is 16.5. The molecule has 0 bridgehead atoms. The monoisotopic (exact) mass is 230 g/mol. The Morgan fingerprint density at radius 2 is 1.94 bits per heavy atom. The average Bonchev–Trinajstić information content (AvgIpc) is 2.28. The van der Waals surface area contributed by atoms with Gasteiger partial charge in [-0.25, -0.2) is 0 Å². The van der Waals surface area contributed by atoms with Crippen LogP contribution in [-0.2, 0) is 14.3 Å². The van der Waals surface area contributed by atoms with E-state index in [1.807, 2.05) is 13.8 Å². The fraction of sp³-hybridized carbons (Fsp3) is 0.818. The lowest BCUT2D eigenvalue weighted by atomic mass is 10.2. The van der Waals surface area contributed by atoms with Crippen molar-refractivity contribution in [3.63, 3.8) is 0 Å². The predicted octanol–water partition coefficient (Wildman–Crippen LogP) is 0.442. The zero-order valence-corrected chi connectivity index (χ0v) is 10.5. The Hall–Kier alpha value is -1.10. The molecule has 0 saturated carbocycles. The van der Waals surface area contributed by atoms with Crippen LogP contribution < -0.4 is 10.6 Å². The second kappa shape index (κ2) is 8.10. The molecule has 0 spiro atoms. The van der Waals surface area contributed by atoms with Crippen LogP contribution in [0.2, 0.25) is 0 Å².